The number of aromatic nitrogens is 2. The minimum absolute atomic E-state index is 0.820. The Bertz CT molecular complexity index is 1340. The minimum Gasteiger partial charge on any atom is -0.497 e. The zero-order valence-electron chi connectivity index (χ0n) is 17.6. The van der Waals surface area contributed by atoms with Crippen LogP contribution in [0.3, 0.4) is 0 Å². The van der Waals surface area contributed by atoms with Gasteiger partial charge in [-0.1, -0.05) is 82.7 Å². The molecule has 0 aliphatic heterocycles. The molecule has 0 aliphatic rings. The van der Waals surface area contributed by atoms with Gasteiger partial charge in [-0.25, -0.2) is 4.98 Å². The highest BCUT2D eigenvalue weighted by Gasteiger charge is 2.22. The predicted molar refractivity (Wildman–Crippen MR) is 134 cm³/mol. The SMILES string of the molecule is COc1ccc(-c2nc(-c3ccccc3)c(-c3ccccc3)n2-c2cccc(Br)c2)cc1. The Morgan fingerprint density at radius 3 is 1.97 bits per heavy atom. The summed E-state index contributed by atoms with van der Waals surface area (Å²) in [4.78, 5) is 5.20. The lowest BCUT2D eigenvalue weighted by Gasteiger charge is -2.14. The smallest absolute Gasteiger partial charge is 0.145 e. The summed E-state index contributed by atoms with van der Waals surface area (Å²) in [6.45, 7) is 0. The summed E-state index contributed by atoms with van der Waals surface area (Å²) in [5, 5.41) is 0. The number of hydrogen-bond donors (Lipinski definition) is 0. The molecule has 0 fully saturated rings. The van der Waals surface area contributed by atoms with Gasteiger partial charge < -0.3 is 4.74 Å². The maximum Gasteiger partial charge on any atom is 0.145 e. The van der Waals surface area contributed by atoms with Gasteiger partial charge >= 0.3 is 0 Å². The Kier molecular flexibility index (Phi) is 5.61. The molecule has 0 amide bonds. The molecular formula is C28H21BrN2O. The maximum absolute atomic E-state index is 5.37. The van der Waals surface area contributed by atoms with E-state index >= 15 is 0 Å². The van der Waals surface area contributed by atoms with E-state index in [0.717, 1.165) is 49.8 Å². The van der Waals surface area contributed by atoms with Gasteiger partial charge in [-0.2, -0.15) is 0 Å². The summed E-state index contributed by atoms with van der Waals surface area (Å²) < 4.78 is 8.63. The molecule has 4 heteroatoms. The lowest BCUT2D eigenvalue weighted by atomic mass is 10.0. The van der Waals surface area contributed by atoms with Gasteiger partial charge in [0.25, 0.3) is 0 Å². The third-order valence-corrected chi connectivity index (χ3v) is 5.88. The van der Waals surface area contributed by atoms with Crippen molar-refractivity contribution in [3.05, 3.63) is 114 Å². The van der Waals surface area contributed by atoms with Crippen LogP contribution in [0, 0.1) is 0 Å². The molecule has 0 spiro atoms. The van der Waals surface area contributed by atoms with Crippen molar-refractivity contribution >= 4 is 15.9 Å². The molecule has 0 bridgehead atoms. The van der Waals surface area contributed by atoms with E-state index in [1.807, 2.05) is 36.4 Å². The molecule has 3 nitrogen and oxygen atoms in total. The average molecular weight is 481 g/mol. The number of benzene rings is 4. The van der Waals surface area contributed by atoms with Gasteiger partial charge in [0.1, 0.15) is 11.6 Å². The molecule has 5 aromatic rings. The second-order valence-corrected chi connectivity index (χ2v) is 8.32. The summed E-state index contributed by atoms with van der Waals surface area (Å²) in [5.74, 6) is 1.70. The Morgan fingerprint density at radius 2 is 1.34 bits per heavy atom. The Morgan fingerprint density at radius 1 is 0.688 bits per heavy atom. The largest absolute Gasteiger partial charge is 0.497 e. The standard InChI is InChI=1S/C28H21BrN2O/c1-32-25-17-15-22(16-18-25)28-30-26(20-9-4-2-5-10-20)27(21-11-6-3-7-12-21)31(28)24-14-8-13-23(29)19-24/h2-19H,1H3. The van der Waals surface area contributed by atoms with Crippen LogP contribution in [0.2, 0.25) is 0 Å². The molecule has 156 valence electrons. The highest BCUT2D eigenvalue weighted by Crippen LogP contribution is 2.39. The minimum atomic E-state index is 0.820. The fraction of sp³-hybridized carbons (Fsp3) is 0.0357. The molecule has 1 aromatic heterocycles. The van der Waals surface area contributed by atoms with Crippen molar-refractivity contribution in [2.75, 3.05) is 7.11 Å². The molecule has 0 unspecified atom stereocenters. The van der Waals surface area contributed by atoms with Crippen molar-refractivity contribution in [1.29, 1.82) is 0 Å². The fourth-order valence-corrected chi connectivity index (χ4v) is 4.27. The van der Waals surface area contributed by atoms with Gasteiger partial charge in [0.05, 0.1) is 18.5 Å². The average Bonchev–Trinajstić information content (AvgIpc) is 3.26. The van der Waals surface area contributed by atoms with Crippen molar-refractivity contribution in [1.82, 2.24) is 9.55 Å². The van der Waals surface area contributed by atoms with Crippen molar-refractivity contribution in [3.8, 4) is 45.3 Å². The molecule has 4 aromatic carbocycles. The molecule has 0 atom stereocenters. The molecule has 0 N–H and O–H groups in total. The third-order valence-electron chi connectivity index (χ3n) is 5.39. The van der Waals surface area contributed by atoms with Crippen LogP contribution in [0.5, 0.6) is 5.75 Å². The summed E-state index contributed by atoms with van der Waals surface area (Å²) in [7, 11) is 1.68. The first-order valence-corrected chi connectivity index (χ1v) is 11.2. The van der Waals surface area contributed by atoms with Crippen LogP contribution >= 0.6 is 15.9 Å². The number of hydrogen-bond acceptors (Lipinski definition) is 2. The van der Waals surface area contributed by atoms with Crippen LogP contribution in [-0.2, 0) is 0 Å². The fourth-order valence-electron chi connectivity index (χ4n) is 3.88. The number of methoxy groups -OCH3 is 1. The molecule has 32 heavy (non-hydrogen) atoms. The second-order valence-electron chi connectivity index (χ2n) is 7.41. The number of ether oxygens (including phenoxy) is 1. The molecule has 0 saturated carbocycles. The van der Waals surface area contributed by atoms with Gasteiger partial charge in [0, 0.05) is 26.9 Å². The monoisotopic (exact) mass is 480 g/mol. The van der Waals surface area contributed by atoms with Gasteiger partial charge in [-0.15, -0.1) is 0 Å². The van der Waals surface area contributed by atoms with E-state index in [0.29, 0.717) is 0 Å². The quantitative estimate of drug-likeness (QED) is 0.258. The third kappa shape index (κ3) is 3.85. The van der Waals surface area contributed by atoms with E-state index in [-0.39, 0.29) is 0 Å². The van der Waals surface area contributed by atoms with E-state index in [1.165, 1.54) is 0 Å². The van der Waals surface area contributed by atoms with Crippen molar-refractivity contribution in [2.24, 2.45) is 0 Å². The highest BCUT2D eigenvalue weighted by molar-refractivity contribution is 9.10. The lowest BCUT2D eigenvalue weighted by Crippen LogP contribution is -2.00. The van der Waals surface area contributed by atoms with Gasteiger partial charge in [0.2, 0.25) is 0 Å². The summed E-state index contributed by atoms with van der Waals surface area (Å²) in [6.07, 6.45) is 0. The molecule has 5 rings (SSSR count). The zero-order chi connectivity index (χ0) is 21.9. The number of rotatable bonds is 5. The van der Waals surface area contributed by atoms with Gasteiger partial charge in [-0.05, 0) is 42.5 Å². The molecule has 0 radical (unpaired) electrons. The van der Waals surface area contributed by atoms with Crippen LogP contribution < -0.4 is 4.74 Å². The van der Waals surface area contributed by atoms with Crippen LogP contribution in [-0.4, -0.2) is 16.7 Å². The Hall–Kier alpha value is -3.63. The zero-order valence-corrected chi connectivity index (χ0v) is 19.2. The van der Waals surface area contributed by atoms with E-state index in [1.54, 1.807) is 7.11 Å². The molecule has 1 heterocycles. The van der Waals surface area contributed by atoms with Gasteiger partial charge in [-0.3, -0.25) is 4.57 Å². The van der Waals surface area contributed by atoms with Crippen molar-refractivity contribution in [3.63, 3.8) is 0 Å². The highest BCUT2D eigenvalue weighted by atomic mass is 79.9. The first kappa shape index (κ1) is 20.3. The van der Waals surface area contributed by atoms with Crippen LogP contribution in [0.1, 0.15) is 0 Å². The first-order chi connectivity index (χ1) is 15.7. The van der Waals surface area contributed by atoms with E-state index < -0.39 is 0 Å². The van der Waals surface area contributed by atoms with Crippen LogP contribution in [0.15, 0.2) is 114 Å². The van der Waals surface area contributed by atoms with Crippen molar-refractivity contribution < 1.29 is 4.74 Å². The first-order valence-electron chi connectivity index (χ1n) is 10.4. The number of imidazole rings is 1. The van der Waals surface area contributed by atoms with E-state index in [9.17, 15) is 0 Å². The summed E-state index contributed by atoms with van der Waals surface area (Å²) >= 11 is 3.64. The van der Waals surface area contributed by atoms with Crippen LogP contribution in [0.4, 0.5) is 0 Å². The summed E-state index contributed by atoms with van der Waals surface area (Å²) in [6, 6.07) is 37.2. The number of nitrogens with zero attached hydrogens (tertiary/aromatic N) is 2. The van der Waals surface area contributed by atoms with E-state index in [4.69, 9.17) is 9.72 Å². The second kappa shape index (κ2) is 8.85. The maximum atomic E-state index is 5.37. The van der Waals surface area contributed by atoms with Crippen molar-refractivity contribution in [2.45, 2.75) is 0 Å². The topological polar surface area (TPSA) is 27.1 Å². The number of halogens is 1. The molecule has 0 saturated heterocycles. The molecular weight excluding hydrogens is 460 g/mol. The normalized spacial score (nSPS) is 10.8. The summed E-state index contributed by atoms with van der Waals surface area (Å²) in [5.41, 5.74) is 6.25. The predicted octanol–water partition coefficient (Wildman–Crippen LogP) is 7.64. The Labute approximate surface area is 196 Å². The van der Waals surface area contributed by atoms with Gasteiger partial charge in [0.15, 0.2) is 0 Å². The van der Waals surface area contributed by atoms with Crippen LogP contribution in [0.25, 0.3) is 39.6 Å². The molecule has 0 aliphatic carbocycles. The lowest BCUT2D eigenvalue weighted by molar-refractivity contribution is 0.415. The van der Waals surface area contributed by atoms with E-state index in [2.05, 4.69) is 93.3 Å². The Balaban J connectivity index is 1.86.